The first kappa shape index (κ1) is 13.4. The molecule has 0 heterocycles. The maximum atomic E-state index is 12.1. The smallest absolute Gasteiger partial charge is 0.165 e. The molecule has 0 spiro atoms. The van der Waals surface area contributed by atoms with Gasteiger partial charge in [0, 0.05) is 5.69 Å². The Labute approximate surface area is 124 Å². The molecule has 2 atom stereocenters. The van der Waals surface area contributed by atoms with Crippen molar-refractivity contribution >= 4 is 11.5 Å². The van der Waals surface area contributed by atoms with E-state index in [2.05, 4.69) is 5.32 Å². The molecule has 0 fully saturated rings. The number of rotatable bonds is 4. The molecule has 0 saturated carbocycles. The van der Waals surface area contributed by atoms with Crippen molar-refractivity contribution in [2.45, 2.75) is 12.0 Å². The zero-order chi connectivity index (χ0) is 14.7. The second kappa shape index (κ2) is 5.83. The molecule has 2 unspecified atom stereocenters. The summed E-state index contributed by atoms with van der Waals surface area (Å²) in [5.41, 5.74) is 2.01. The summed E-state index contributed by atoms with van der Waals surface area (Å²) in [7, 11) is 1.65. The monoisotopic (exact) mass is 279 g/mol. The highest BCUT2D eigenvalue weighted by atomic mass is 16.5. The van der Waals surface area contributed by atoms with E-state index in [1.54, 1.807) is 13.2 Å². The van der Waals surface area contributed by atoms with Crippen LogP contribution in [0.5, 0.6) is 5.75 Å². The van der Waals surface area contributed by atoms with Crippen molar-refractivity contribution in [3.63, 3.8) is 0 Å². The van der Waals surface area contributed by atoms with Crippen LogP contribution in [0.1, 0.15) is 11.5 Å². The summed E-state index contributed by atoms with van der Waals surface area (Å²) in [5.74, 6) is 0.804. The topological polar surface area (TPSA) is 38.3 Å². The molecule has 1 aliphatic carbocycles. The van der Waals surface area contributed by atoms with Crippen molar-refractivity contribution in [2.75, 3.05) is 12.4 Å². The molecule has 1 N–H and O–H groups in total. The van der Waals surface area contributed by atoms with E-state index < -0.39 is 0 Å². The first-order valence-electron chi connectivity index (χ1n) is 6.95. The molecule has 0 amide bonds. The molecule has 0 aliphatic heterocycles. The second-order valence-electron chi connectivity index (χ2n) is 5.05. The highest BCUT2D eigenvalue weighted by molar-refractivity contribution is 5.99. The van der Waals surface area contributed by atoms with Gasteiger partial charge in [0.05, 0.1) is 19.1 Å². The van der Waals surface area contributed by atoms with Crippen LogP contribution in [0.3, 0.4) is 0 Å². The summed E-state index contributed by atoms with van der Waals surface area (Å²) in [6, 6.07) is 17.6. The summed E-state index contributed by atoms with van der Waals surface area (Å²) in [6.45, 7) is 0. The van der Waals surface area contributed by atoms with E-state index in [0.29, 0.717) is 0 Å². The minimum absolute atomic E-state index is 0.0201. The van der Waals surface area contributed by atoms with E-state index in [9.17, 15) is 4.79 Å². The highest BCUT2D eigenvalue weighted by Gasteiger charge is 2.31. The van der Waals surface area contributed by atoms with Gasteiger partial charge in [-0.15, -0.1) is 0 Å². The molecule has 0 radical (unpaired) electrons. The average molecular weight is 279 g/mol. The van der Waals surface area contributed by atoms with Crippen molar-refractivity contribution in [3.8, 4) is 5.75 Å². The molecule has 1 aliphatic rings. The molecular weight excluding hydrogens is 262 g/mol. The third-order valence-corrected chi connectivity index (χ3v) is 3.72. The van der Waals surface area contributed by atoms with Gasteiger partial charge >= 0.3 is 0 Å². The normalized spacial score (nSPS) is 20.5. The van der Waals surface area contributed by atoms with Gasteiger partial charge in [-0.2, -0.15) is 0 Å². The van der Waals surface area contributed by atoms with Crippen molar-refractivity contribution < 1.29 is 9.53 Å². The highest BCUT2D eigenvalue weighted by Crippen LogP contribution is 2.29. The summed E-state index contributed by atoms with van der Waals surface area (Å²) in [6.07, 6.45) is 3.60. The van der Waals surface area contributed by atoms with Crippen LogP contribution in [-0.4, -0.2) is 18.9 Å². The third kappa shape index (κ3) is 2.82. The number of ketones is 1. The molecule has 2 aromatic carbocycles. The number of carbonyl (C=O) groups excluding carboxylic acids is 1. The number of ether oxygens (including phenoxy) is 1. The fraction of sp³-hybridized carbons (Fsp3) is 0.167. The number of benzene rings is 2. The lowest BCUT2D eigenvalue weighted by Crippen LogP contribution is -2.25. The number of carbonyl (C=O) groups is 1. The van der Waals surface area contributed by atoms with E-state index in [1.165, 1.54) is 0 Å². The van der Waals surface area contributed by atoms with Crippen molar-refractivity contribution in [2.24, 2.45) is 0 Å². The third-order valence-electron chi connectivity index (χ3n) is 3.72. The van der Waals surface area contributed by atoms with Crippen LogP contribution in [0, 0.1) is 0 Å². The van der Waals surface area contributed by atoms with Gasteiger partial charge < -0.3 is 10.1 Å². The molecule has 2 aromatic rings. The Morgan fingerprint density at radius 1 is 1.00 bits per heavy atom. The summed E-state index contributed by atoms with van der Waals surface area (Å²) in [5, 5.41) is 3.41. The summed E-state index contributed by atoms with van der Waals surface area (Å²) >= 11 is 0. The predicted octanol–water partition coefficient (Wildman–Crippen LogP) is 3.40. The molecule has 0 saturated heterocycles. The molecule has 3 heteroatoms. The van der Waals surface area contributed by atoms with Crippen LogP contribution in [0.2, 0.25) is 0 Å². The minimum Gasteiger partial charge on any atom is -0.497 e. The summed E-state index contributed by atoms with van der Waals surface area (Å²) in [4.78, 5) is 12.1. The number of hydrogen-bond acceptors (Lipinski definition) is 3. The molecular formula is C18H17NO2. The first-order chi connectivity index (χ1) is 10.3. The van der Waals surface area contributed by atoms with Gasteiger partial charge in [-0.05, 0) is 35.9 Å². The van der Waals surface area contributed by atoms with Crippen molar-refractivity contribution in [3.05, 3.63) is 72.3 Å². The first-order valence-corrected chi connectivity index (χ1v) is 6.95. The lowest BCUT2D eigenvalue weighted by atomic mass is 9.92. The standard InChI is InChI=1S/C18H17NO2/c1-21-15-9-7-14(8-10-15)19-16-11-12-17(20)18(16)13-5-3-2-4-6-13/h2-12,16,18-19H,1H3. The second-order valence-corrected chi connectivity index (χ2v) is 5.05. The maximum Gasteiger partial charge on any atom is 0.165 e. The van der Waals surface area contributed by atoms with Gasteiger partial charge in [0.2, 0.25) is 0 Å². The Hall–Kier alpha value is -2.55. The van der Waals surface area contributed by atoms with Crippen molar-refractivity contribution in [1.82, 2.24) is 0 Å². The van der Waals surface area contributed by atoms with Gasteiger partial charge in [0.1, 0.15) is 5.75 Å². The van der Waals surface area contributed by atoms with Crippen LogP contribution in [0.15, 0.2) is 66.7 Å². The zero-order valence-electron chi connectivity index (χ0n) is 11.8. The van der Waals surface area contributed by atoms with Gasteiger partial charge in [0.15, 0.2) is 5.78 Å². The van der Waals surface area contributed by atoms with Crippen LogP contribution in [-0.2, 0) is 4.79 Å². The SMILES string of the molecule is COc1ccc(NC2C=CC(=O)C2c2ccccc2)cc1. The van der Waals surface area contributed by atoms with E-state index in [1.807, 2.05) is 60.7 Å². The van der Waals surface area contributed by atoms with Gasteiger partial charge in [-0.3, -0.25) is 4.79 Å². The zero-order valence-corrected chi connectivity index (χ0v) is 11.8. The fourth-order valence-corrected chi connectivity index (χ4v) is 2.63. The van der Waals surface area contributed by atoms with Crippen LogP contribution in [0.4, 0.5) is 5.69 Å². The Balaban J connectivity index is 1.80. The number of methoxy groups -OCH3 is 1. The van der Waals surface area contributed by atoms with Gasteiger partial charge in [0.25, 0.3) is 0 Å². The summed E-state index contributed by atoms with van der Waals surface area (Å²) < 4.78 is 5.15. The lowest BCUT2D eigenvalue weighted by Gasteiger charge is -2.21. The van der Waals surface area contributed by atoms with Gasteiger partial charge in [-0.25, -0.2) is 0 Å². The van der Waals surface area contributed by atoms with E-state index in [0.717, 1.165) is 17.0 Å². The average Bonchev–Trinajstić information content (AvgIpc) is 2.89. The Morgan fingerprint density at radius 2 is 1.71 bits per heavy atom. The number of allylic oxidation sites excluding steroid dienone is 1. The van der Waals surface area contributed by atoms with E-state index in [4.69, 9.17) is 4.74 Å². The molecule has 3 nitrogen and oxygen atoms in total. The van der Waals surface area contributed by atoms with E-state index >= 15 is 0 Å². The quantitative estimate of drug-likeness (QED) is 0.932. The number of hydrogen-bond donors (Lipinski definition) is 1. The Morgan fingerprint density at radius 3 is 2.38 bits per heavy atom. The van der Waals surface area contributed by atoms with Crippen LogP contribution >= 0.6 is 0 Å². The predicted molar refractivity (Wildman–Crippen MR) is 83.7 cm³/mol. The largest absolute Gasteiger partial charge is 0.497 e. The van der Waals surface area contributed by atoms with Crippen LogP contribution in [0.25, 0.3) is 0 Å². The lowest BCUT2D eigenvalue weighted by molar-refractivity contribution is -0.115. The molecule has 3 rings (SSSR count). The minimum atomic E-state index is -0.159. The molecule has 21 heavy (non-hydrogen) atoms. The van der Waals surface area contributed by atoms with Gasteiger partial charge in [-0.1, -0.05) is 36.4 Å². The molecule has 106 valence electrons. The Kier molecular flexibility index (Phi) is 3.73. The van der Waals surface area contributed by atoms with Crippen LogP contribution < -0.4 is 10.1 Å². The maximum absolute atomic E-state index is 12.1. The Bertz CT molecular complexity index is 647. The van der Waals surface area contributed by atoms with E-state index in [-0.39, 0.29) is 17.7 Å². The fourth-order valence-electron chi connectivity index (χ4n) is 2.63. The van der Waals surface area contributed by atoms with Crippen molar-refractivity contribution in [1.29, 1.82) is 0 Å². The number of nitrogens with one attached hydrogen (secondary N) is 1. The molecule has 0 bridgehead atoms. The number of anilines is 1. The molecule has 0 aromatic heterocycles.